The van der Waals surface area contributed by atoms with Gasteiger partial charge >= 0.3 is 0 Å². The Hall–Kier alpha value is -1.78. The second kappa shape index (κ2) is 6.83. The van der Waals surface area contributed by atoms with Gasteiger partial charge in [-0.15, -0.1) is 0 Å². The molecule has 0 saturated heterocycles. The van der Waals surface area contributed by atoms with Crippen molar-refractivity contribution in [1.82, 2.24) is 0 Å². The summed E-state index contributed by atoms with van der Waals surface area (Å²) in [6.45, 7) is 4.81. The first-order valence-corrected chi connectivity index (χ1v) is 6.30. The van der Waals surface area contributed by atoms with Gasteiger partial charge in [0.1, 0.15) is 23.5 Å². The molecule has 3 nitrogen and oxygen atoms in total. The molecule has 0 radical (unpaired) electrons. The van der Waals surface area contributed by atoms with Crippen molar-refractivity contribution in [1.29, 1.82) is 10.5 Å². The minimum Gasteiger partial charge on any atom is -0.492 e. The van der Waals surface area contributed by atoms with E-state index in [1.165, 1.54) is 6.08 Å². The lowest BCUT2D eigenvalue weighted by Gasteiger charge is -2.10. The molecule has 1 aromatic carbocycles. The Kier molecular flexibility index (Phi) is 5.42. The van der Waals surface area contributed by atoms with Crippen molar-refractivity contribution in [3.05, 3.63) is 33.8 Å². The van der Waals surface area contributed by atoms with Gasteiger partial charge in [0.25, 0.3) is 0 Å². The number of hydrogen-bond acceptors (Lipinski definition) is 3. The second-order valence-corrected chi connectivity index (χ2v) is 5.03. The highest BCUT2D eigenvalue weighted by Crippen LogP contribution is 2.27. The first kappa shape index (κ1) is 14.3. The Morgan fingerprint density at radius 3 is 2.56 bits per heavy atom. The largest absolute Gasteiger partial charge is 0.492 e. The van der Waals surface area contributed by atoms with Crippen molar-refractivity contribution in [2.24, 2.45) is 5.92 Å². The van der Waals surface area contributed by atoms with Crippen LogP contribution in [0.2, 0.25) is 0 Å². The van der Waals surface area contributed by atoms with Crippen LogP contribution in [0.3, 0.4) is 0 Å². The molecule has 18 heavy (non-hydrogen) atoms. The molecular formula is C14H13BrN2O. The number of allylic oxidation sites excluding steroid dienone is 1. The van der Waals surface area contributed by atoms with Crippen LogP contribution in [-0.4, -0.2) is 6.61 Å². The molecule has 0 bridgehead atoms. The third-order valence-electron chi connectivity index (χ3n) is 2.08. The van der Waals surface area contributed by atoms with E-state index in [0.717, 1.165) is 15.8 Å². The lowest BCUT2D eigenvalue weighted by molar-refractivity contribution is 0.269. The first-order valence-electron chi connectivity index (χ1n) is 5.51. The van der Waals surface area contributed by atoms with Gasteiger partial charge in [-0.3, -0.25) is 0 Å². The zero-order valence-corrected chi connectivity index (χ0v) is 11.9. The van der Waals surface area contributed by atoms with Crippen molar-refractivity contribution in [2.45, 2.75) is 13.8 Å². The molecule has 0 atom stereocenters. The van der Waals surface area contributed by atoms with E-state index < -0.39 is 0 Å². The maximum Gasteiger partial charge on any atom is 0.133 e. The van der Waals surface area contributed by atoms with E-state index in [-0.39, 0.29) is 5.57 Å². The average Bonchev–Trinajstić information content (AvgIpc) is 2.34. The summed E-state index contributed by atoms with van der Waals surface area (Å²) in [7, 11) is 0. The highest BCUT2D eigenvalue weighted by molar-refractivity contribution is 9.10. The molecule has 0 amide bonds. The summed E-state index contributed by atoms with van der Waals surface area (Å²) in [5.74, 6) is 1.22. The Labute approximate surface area is 115 Å². The second-order valence-electron chi connectivity index (χ2n) is 4.18. The van der Waals surface area contributed by atoms with Crippen LogP contribution in [0.4, 0.5) is 0 Å². The predicted octanol–water partition coefficient (Wildman–Crippen LogP) is 3.91. The number of ether oxygens (including phenoxy) is 1. The molecule has 1 aromatic rings. The molecule has 0 spiro atoms. The number of halogens is 1. The number of hydrogen-bond donors (Lipinski definition) is 0. The van der Waals surface area contributed by atoms with Gasteiger partial charge in [0.15, 0.2) is 0 Å². The van der Waals surface area contributed by atoms with Crippen LogP contribution in [0.5, 0.6) is 5.75 Å². The minimum absolute atomic E-state index is 0.0812. The molecule has 92 valence electrons. The molecule has 0 heterocycles. The number of benzene rings is 1. The SMILES string of the molecule is CC(C)COc1ccc(C=C(C#N)C#N)cc1Br. The van der Waals surface area contributed by atoms with Gasteiger partial charge in [-0.25, -0.2) is 0 Å². The van der Waals surface area contributed by atoms with Gasteiger partial charge in [-0.1, -0.05) is 19.9 Å². The molecule has 0 aliphatic carbocycles. The smallest absolute Gasteiger partial charge is 0.133 e. The summed E-state index contributed by atoms with van der Waals surface area (Å²) in [6, 6.07) is 9.12. The molecule has 0 fully saturated rings. The third-order valence-corrected chi connectivity index (χ3v) is 2.70. The predicted molar refractivity (Wildman–Crippen MR) is 73.7 cm³/mol. The van der Waals surface area contributed by atoms with Crippen LogP contribution in [0.1, 0.15) is 19.4 Å². The molecule has 0 N–H and O–H groups in total. The van der Waals surface area contributed by atoms with Crippen LogP contribution >= 0.6 is 15.9 Å². The Bertz CT molecular complexity index is 520. The van der Waals surface area contributed by atoms with Gasteiger partial charge in [-0.05, 0) is 45.6 Å². The highest BCUT2D eigenvalue weighted by atomic mass is 79.9. The molecule has 4 heteroatoms. The van der Waals surface area contributed by atoms with Gasteiger partial charge in [0, 0.05) is 0 Å². The summed E-state index contributed by atoms with van der Waals surface area (Å²) < 4.78 is 6.43. The Morgan fingerprint density at radius 1 is 1.39 bits per heavy atom. The number of rotatable bonds is 4. The van der Waals surface area contributed by atoms with Crippen molar-refractivity contribution < 1.29 is 4.74 Å². The highest BCUT2D eigenvalue weighted by Gasteiger charge is 2.04. The van der Waals surface area contributed by atoms with E-state index >= 15 is 0 Å². The van der Waals surface area contributed by atoms with E-state index in [9.17, 15) is 0 Å². The fraction of sp³-hybridized carbons (Fsp3) is 0.286. The fourth-order valence-corrected chi connectivity index (χ4v) is 1.75. The standard InChI is InChI=1S/C14H13BrN2O/c1-10(2)9-18-14-4-3-11(6-13(14)15)5-12(7-16)8-17/h3-6,10H,9H2,1-2H3. The molecule has 1 rings (SSSR count). The van der Waals surface area contributed by atoms with Crippen molar-refractivity contribution >= 4 is 22.0 Å². The molecule has 0 unspecified atom stereocenters. The quantitative estimate of drug-likeness (QED) is 0.792. The summed E-state index contributed by atoms with van der Waals surface area (Å²) in [4.78, 5) is 0. The van der Waals surface area contributed by atoms with Crippen molar-refractivity contribution in [2.75, 3.05) is 6.61 Å². The normalized spacial score (nSPS) is 9.44. The molecule has 0 aromatic heterocycles. The minimum atomic E-state index is 0.0812. The zero-order valence-electron chi connectivity index (χ0n) is 10.3. The first-order chi connectivity index (χ1) is 8.56. The van der Waals surface area contributed by atoms with E-state index in [2.05, 4.69) is 29.8 Å². The monoisotopic (exact) mass is 304 g/mol. The summed E-state index contributed by atoms with van der Waals surface area (Å²) >= 11 is 3.41. The molecule has 0 aliphatic heterocycles. The molecular weight excluding hydrogens is 292 g/mol. The summed E-state index contributed by atoms with van der Waals surface area (Å²) in [6.07, 6.45) is 1.54. The van der Waals surface area contributed by atoms with Crippen LogP contribution in [-0.2, 0) is 0 Å². The van der Waals surface area contributed by atoms with Crippen LogP contribution in [0.15, 0.2) is 28.2 Å². The van der Waals surface area contributed by atoms with Crippen molar-refractivity contribution in [3.8, 4) is 17.9 Å². The maximum absolute atomic E-state index is 8.68. The van der Waals surface area contributed by atoms with E-state index in [0.29, 0.717) is 12.5 Å². The van der Waals surface area contributed by atoms with E-state index in [1.807, 2.05) is 30.3 Å². The Balaban J connectivity index is 2.90. The molecule has 0 saturated carbocycles. The van der Waals surface area contributed by atoms with Crippen LogP contribution in [0, 0.1) is 28.6 Å². The summed E-state index contributed by atoms with van der Waals surface area (Å²) in [5, 5.41) is 17.4. The average molecular weight is 305 g/mol. The topological polar surface area (TPSA) is 56.8 Å². The zero-order chi connectivity index (χ0) is 13.5. The van der Waals surface area contributed by atoms with Crippen LogP contribution in [0.25, 0.3) is 6.08 Å². The third kappa shape index (κ3) is 4.24. The van der Waals surface area contributed by atoms with Gasteiger partial charge in [0.05, 0.1) is 11.1 Å². The lowest BCUT2D eigenvalue weighted by atomic mass is 10.1. The maximum atomic E-state index is 8.68. The summed E-state index contributed by atoms with van der Waals surface area (Å²) in [5.41, 5.74) is 0.870. The van der Waals surface area contributed by atoms with Crippen LogP contribution < -0.4 is 4.74 Å². The number of nitrogens with zero attached hydrogens (tertiary/aromatic N) is 2. The van der Waals surface area contributed by atoms with E-state index in [1.54, 1.807) is 0 Å². The fourth-order valence-electron chi connectivity index (χ4n) is 1.24. The van der Waals surface area contributed by atoms with Gasteiger partial charge < -0.3 is 4.74 Å². The number of nitriles is 2. The molecule has 0 aliphatic rings. The van der Waals surface area contributed by atoms with Crippen molar-refractivity contribution in [3.63, 3.8) is 0 Å². The lowest BCUT2D eigenvalue weighted by Crippen LogP contribution is -2.04. The van der Waals surface area contributed by atoms with Gasteiger partial charge in [-0.2, -0.15) is 10.5 Å². The van der Waals surface area contributed by atoms with Gasteiger partial charge in [0.2, 0.25) is 0 Å². The van der Waals surface area contributed by atoms with E-state index in [4.69, 9.17) is 15.3 Å². The Morgan fingerprint density at radius 2 is 2.06 bits per heavy atom.